The summed E-state index contributed by atoms with van der Waals surface area (Å²) in [6, 6.07) is 3.40. The van der Waals surface area contributed by atoms with Gasteiger partial charge in [0.2, 0.25) is 5.75 Å². The Bertz CT molecular complexity index is 1230. The molecule has 0 unspecified atom stereocenters. The Morgan fingerprint density at radius 3 is 2.32 bits per heavy atom. The molecule has 11 heteroatoms. The molecule has 2 aromatic heterocycles. The number of fused-ring (bicyclic) bond motifs is 1. The van der Waals surface area contributed by atoms with Crippen LogP contribution in [0, 0.1) is 6.92 Å². The lowest BCUT2D eigenvalue weighted by Gasteiger charge is -2.12. The van der Waals surface area contributed by atoms with Gasteiger partial charge in [-0.1, -0.05) is 0 Å². The molecule has 0 saturated heterocycles. The molecule has 34 heavy (non-hydrogen) atoms. The third kappa shape index (κ3) is 5.20. The highest BCUT2D eigenvalue weighted by molar-refractivity contribution is 7.20. The van der Waals surface area contributed by atoms with E-state index in [1.54, 1.807) is 32.1 Å². The molecule has 0 spiro atoms. The number of hydrogen-bond donors (Lipinski definition) is 1. The van der Waals surface area contributed by atoms with E-state index in [1.165, 1.54) is 27.4 Å². The maximum Gasteiger partial charge on any atom is 0.348 e. The fourth-order valence-electron chi connectivity index (χ4n) is 3.22. The summed E-state index contributed by atoms with van der Waals surface area (Å²) in [6.45, 7) is 3.57. The van der Waals surface area contributed by atoms with Crippen LogP contribution in [0.2, 0.25) is 0 Å². The molecule has 0 bridgehead atoms. The molecule has 0 aliphatic heterocycles. The minimum absolute atomic E-state index is 0.190. The number of nitrogens with two attached hydrogens (primary N) is 1. The SMILES string of the molecule is CCOC(=O)c1sc2nc(COC(=O)/C=C/c3cc(OC)c(OC)c(OC)c3)nc(N)c2c1C. The fraction of sp³-hybridized carbons (Fsp3) is 0.304. The maximum atomic E-state index is 12.2. The van der Waals surface area contributed by atoms with Gasteiger partial charge in [0, 0.05) is 6.08 Å². The highest BCUT2D eigenvalue weighted by Crippen LogP contribution is 2.38. The third-order valence-corrected chi connectivity index (χ3v) is 5.93. The molecule has 1 aromatic carbocycles. The van der Waals surface area contributed by atoms with E-state index >= 15 is 0 Å². The monoisotopic (exact) mass is 487 g/mol. The number of thiophene rings is 1. The molecule has 180 valence electrons. The quantitative estimate of drug-likeness (QED) is 0.353. The number of aryl methyl sites for hydroxylation is 1. The molecule has 0 radical (unpaired) electrons. The van der Waals surface area contributed by atoms with Crippen molar-refractivity contribution in [3.05, 3.63) is 40.0 Å². The van der Waals surface area contributed by atoms with Crippen LogP contribution in [0.5, 0.6) is 17.2 Å². The molecule has 2 N–H and O–H groups in total. The smallest absolute Gasteiger partial charge is 0.348 e. The highest BCUT2D eigenvalue weighted by Gasteiger charge is 2.20. The van der Waals surface area contributed by atoms with E-state index in [1.807, 2.05) is 0 Å². The minimum Gasteiger partial charge on any atom is -0.493 e. The standard InChI is InChI=1S/C23H25N3O7S/c1-6-32-23(28)20-12(2)18-21(24)25-16(26-22(18)34-20)11-33-17(27)8-7-13-9-14(29-3)19(31-5)15(10-13)30-4/h7-10H,6,11H2,1-5H3,(H2,24,25,26)/b8-7+. The normalized spacial score (nSPS) is 11.0. The Labute approximate surface area is 200 Å². The Balaban J connectivity index is 1.74. The third-order valence-electron chi connectivity index (χ3n) is 4.77. The van der Waals surface area contributed by atoms with Gasteiger partial charge in [-0.05, 0) is 43.2 Å². The zero-order chi connectivity index (χ0) is 24.8. The molecule has 0 fully saturated rings. The van der Waals surface area contributed by atoms with Crippen molar-refractivity contribution in [2.75, 3.05) is 33.7 Å². The maximum absolute atomic E-state index is 12.2. The Hall–Kier alpha value is -3.86. The van der Waals surface area contributed by atoms with Gasteiger partial charge in [-0.25, -0.2) is 19.6 Å². The molecule has 0 amide bonds. The van der Waals surface area contributed by atoms with Crippen molar-refractivity contribution < 1.29 is 33.3 Å². The van der Waals surface area contributed by atoms with Gasteiger partial charge in [0.1, 0.15) is 15.5 Å². The summed E-state index contributed by atoms with van der Waals surface area (Å²) in [4.78, 5) is 33.9. The number of anilines is 1. The molecule has 2 heterocycles. The van der Waals surface area contributed by atoms with Crippen LogP contribution in [0.25, 0.3) is 16.3 Å². The van der Waals surface area contributed by atoms with Gasteiger partial charge in [0.15, 0.2) is 23.9 Å². The van der Waals surface area contributed by atoms with E-state index < -0.39 is 11.9 Å². The number of carbonyl (C=O) groups is 2. The molecule has 0 aliphatic carbocycles. The number of nitrogens with zero attached hydrogens (tertiary/aromatic N) is 2. The lowest BCUT2D eigenvalue weighted by Crippen LogP contribution is -2.06. The molecule has 3 rings (SSSR count). The van der Waals surface area contributed by atoms with Gasteiger partial charge in [-0.15, -0.1) is 11.3 Å². The number of carbonyl (C=O) groups excluding carboxylic acids is 2. The molecule has 0 aliphatic rings. The van der Waals surface area contributed by atoms with Crippen molar-refractivity contribution >= 4 is 45.4 Å². The van der Waals surface area contributed by atoms with Crippen LogP contribution in [0.4, 0.5) is 5.82 Å². The van der Waals surface area contributed by atoms with Gasteiger partial charge in [0.05, 0.1) is 33.3 Å². The summed E-state index contributed by atoms with van der Waals surface area (Å²) >= 11 is 1.16. The number of nitrogen functional groups attached to an aromatic ring is 1. The summed E-state index contributed by atoms with van der Waals surface area (Å²) < 4.78 is 26.2. The first-order valence-corrected chi connectivity index (χ1v) is 11.0. The lowest BCUT2D eigenvalue weighted by atomic mass is 10.1. The van der Waals surface area contributed by atoms with Crippen molar-refractivity contribution in [1.82, 2.24) is 9.97 Å². The average Bonchev–Trinajstić information content (AvgIpc) is 3.17. The van der Waals surface area contributed by atoms with E-state index in [2.05, 4.69) is 9.97 Å². The van der Waals surface area contributed by atoms with Crippen LogP contribution in [-0.2, 0) is 20.9 Å². The second-order valence-electron chi connectivity index (χ2n) is 6.88. The van der Waals surface area contributed by atoms with Crippen molar-refractivity contribution in [3.63, 3.8) is 0 Å². The Morgan fingerprint density at radius 2 is 1.74 bits per heavy atom. The van der Waals surface area contributed by atoms with Crippen LogP contribution in [-0.4, -0.2) is 49.8 Å². The zero-order valence-electron chi connectivity index (χ0n) is 19.5. The summed E-state index contributed by atoms with van der Waals surface area (Å²) in [5.41, 5.74) is 7.39. The van der Waals surface area contributed by atoms with E-state index in [9.17, 15) is 9.59 Å². The highest BCUT2D eigenvalue weighted by atomic mass is 32.1. The number of rotatable bonds is 9. The first kappa shape index (κ1) is 24.8. The van der Waals surface area contributed by atoms with E-state index in [0.717, 1.165) is 11.3 Å². The van der Waals surface area contributed by atoms with Crippen molar-refractivity contribution in [2.24, 2.45) is 0 Å². The lowest BCUT2D eigenvalue weighted by molar-refractivity contribution is -0.139. The topological polar surface area (TPSA) is 132 Å². The van der Waals surface area contributed by atoms with Gasteiger partial charge in [-0.3, -0.25) is 0 Å². The minimum atomic E-state index is -0.606. The van der Waals surface area contributed by atoms with Gasteiger partial charge >= 0.3 is 11.9 Å². The number of aromatic nitrogens is 2. The first-order valence-electron chi connectivity index (χ1n) is 10.2. The number of methoxy groups -OCH3 is 3. The number of esters is 2. The van der Waals surface area contributed by atoms with Crippen LogP contribution < -0.4 is 19.9 Å². The number of benzene rings is 1. The Kier molecular flexibility index (Phi) is 7.90. The summed E-state index contributed by atoms with van der Waals surface area (Å²) in [6.07, 6.45) is 2.82. The first-order chi connectivity index (χ1) is 16.3. The van der Waals surface area contributed by atoms with Crippen LogP contribution in [0.3, 0.4) is 0 Å². The second-order valence-corrected chi connectivity index (χ2v) is 7.88. The Morgan fingerprint density at radius 1 is 1.06 bits per heavy atom. The summed E-state index contributed by atoms with van der Waals surface area (Å²) in [7, 11) is 4.52. The number of hydrogen-bond acceptors (Lipinski definition) is 11. The summed E-state index contributed by atoms with van der Waals surface area (Å²) in [5, 5.41) is 0.588. The predicted octanol–water partition coefficient (Wildman–Crippen LogP) is 3.54. The molecular weight excluding hydrogens is 462 g/mol. The van der Waals surface area contributed by atoms with E-state index in [4.69, 9.17) is 29.4 Å². The molecule has 10 nitrogen and oxygen atoms in total. The largest absolute Gasteiger partial charge is 0.493 e. The zero-order valence-corrected chi connectivity index (χ0v) is 20.3. The van der Waals surface area contributed by atoms with Crippen LogP contribution in [0.15, 0.2) is 18.2 Å². The molecule has 0 atom stereocenters. The van der Waals surface area contributed by atoms with Crippen LogP contribution in [0.1, 0.15) is 33.5 Å². The van der Waals surface area contributed by atoms with Gasteiger partial charge < -0.3 is 29.4 Å². The van der Waals surface area contributed by atoms with E-state index in [-0.39, 0.29) is 24.9 Å². The van der Waals surface area contributed by atoms with E-state index in [0.29, 0.717) is 43.5 Å². The van der Waals surface area contributed by atoms with Gasteiger partial charge in [0.25, 0.3) is 0 Å². The number of ether oxygens (including phenoxy) is 5. The molecular formula is C23H25N3O7S. The molecule has 3 aromatic rings. The van der Waals surface area contributed by atoms with Crippen molar-refractivity contribution in [1.29, 1.82) is 0 Å². The predicted molar refractivity (Wildman–Crippen MR) is 127 cm³/mol. The second kappa shape index (κ2) is 10.8. The average molecular weight is 488 g/mol. The van der Waals surface area contributed by atoms with Crippen LogP contribution >= 0.6 is 11.3 Å². The fourth-order valence-corrected chi connectivity index (χ4v) is 4.32. The molecule has 0 saturated carbocycles. The van der Waals surface area contributed by atoms with Crippen molar-refractivity contribution in [3.8, 4) is 17.2 Å². The van der Waals surface area contributed by atoms with Crippen molar-refractivity contribution in [2.45, 2.75) is 20.5 Å². The summed E-state index contributed by atoms with van der Waals surface area (Å²) in [5.74, 6) is 0.744. The van der Waals surface area contributed by atoms with Gasteiger partial charge in [-0.2, -0.15) is 0 Å².